The first-order valence-electron chi connectivity index (χ1n) is 17.5. The quantitative estimate of drug-likeness (QED) is 0.143. The molecule has 256 valence electrons. The molecule has 0 aromatic heterocycles. The Morgan fingerprint density at radius 1 is 0.520 bits per heavy atom. The molecule has 5 aromatic carbocycles. The Balaban J connectivity index is 1.72. The second kappa shape index (κ2) is 15.1. The van der Waals surface area contributed by atoms with Gasteiger partial charge in [0, 0.05) is 16.8 Å². The van der Waals surface area contributed by atoms with Gasteiger partial charge in [0.2, 0.25) is 0 Å². The summed E-state index contributed by atoms with van der Waals surface area (Å²) < 4.78 is 12.7. The second-order valence-electron chi connectivity index (χ2n) is 14.1. The van der Waals surface area contributed by atoms with Crippen molar-refractivity contribution in [1.82, 2.24) is 0 Å². The van der Waals surface area contributed by atoms with E-state index >= 15 is 0 Å². The Labute approximate surface area is 302 Å². The summed E-state index contributed by atoms with van der Waals surface area (Å²) in [4.78, 5) is 0. The number of hydrogen-bond acceptors (Lipinski definition) is 2. The van der Waals surface area contributed by atoms with Crippen LogP contribution in [0.5, 0.6) is 11.5 Å². The molecule has 0 saturated carbocycles. The summed E-state index contributed by atoms with van der Waals surface area (Å²) in [5.74, 6) is 1.75. The van der Waals surface area contributed by atoms with E-state index in [2.05, 4.69) is 159 Å². The van der Waals surface area contributed by atoms with Crippen molar-refractivity contribution in [2.24, 2.45) is 0 Å². The summed E-state index contributed by atoms with van der Waals surface area (Å²) in [6.45, 7) is 17.8. The highest BCUT2D eigenvalue weighted by Crippen LogP contribution is 2.51. The van der Waals surface area contributed by atoms with Crippen molar-refractivity contribution >= 4 is 42.4 Å². The maximum Gasteiger partial charge on any atom is 0.127 e. The zero-order chi connectivity index (χ0) is 35.7. The van der Waals surface area contributed by atoms with Crippen molar-refractivity contribution in [3.63, 3.8) is 0 Å². The third-order valence-electron chi connectivity index (χ3n) is 9.40. The maximum absolute atomic E-state index is 6.36. The molecule has 0 saturated heterocycles. The van der Waals surface area contributed by atoms with Crippen molar-refractivity contribution in [2.75, 3.05) is 14.2 Å². The summed E-state index contributed by atoms with van der Waals surface area (Å²) in [6, 6.07) is 34.5. The van der Waals surface area contributed by atoms with E-state index in [4.69, 9.17) is 9.47 Å². The molecular weight excluding hydrogens is 646 g/mol. The minimum Gasteiger partial charge on any atom is -0.496 e. The van der Waals surface area contributed by atoms with Gasteiger partial charge in [-0.2, -0.15) is 0 Å². The van der Waals surface area contributed by atoms with Crippen LogP contribution in [0.1, 0.15) is 53.6 Å². The van der Waals surface area contributed by atoms with E-state index < -0.39 is 15.8 Å². The topological polar surface area (TPSA) is 18.5 Å². The summed E-state index contributed by atoms with van der Waals surface area (Å²) in [5.41, 5.74) is 13.1. The fourth-order valence-corrected chi connectivity index (χ4v) is 13.9. The number of methoxy groups -OCH3 is 2. The minimum absolute atomic E-state index is 0.348. The van der Waals surface area contributed by atoms with Crippen LogP contribution in [-0.2, 0) is 0 Å². The van der Waals surface area contributed by atoms with E-state index in [1.165, 1.54) is 71.0 Å². The third kappa shape index (κ3) is 7.54. The van der Waals surface area contributed by atoms with Crippen LogP contribution in [0.4, 0.5) is 0 Å². The molecule has 2 nitrogen and oxygen atoms in total. The predicted octanol–water partition coefficient (Wildman–Crippen LogP) is 10.1. The molecule has 2 atom stereocenters. The highest BCUT2D eigenvalue weighted by Gasteiger charge is 2.33. The average Bonchev–Trinajstić information content (AvgIpc) is 3.03. The first-order chi connectivity index (χ1) is 23.9. The van der Waals surface area contributed by atoms with Crippen molar-refractivity contribution in [3.8, 4) is 22.6 Å². The standard InChI is InChI=1S/C46H50O2P2/c1-29-17-30(2)22-37(21-29)49(38-23-31(3)18-32(4)24-38)43-15-11-13-41(47-9)45(43)46-42(48-10)14-12-16-44(46)50(39-25-33(5)19-34(6)26-39)40-27-35(7)20-36(8)28-40/h11-27,40H,28H2,1-10H3. The van der Waals surface area contributed by atoms with Gasteiger partial charge < -0.3 is 9.47 Å². The molecule has 0 amide bonds. The maximum atomic E-state index is 6.36. The van der Waals surface area contributed by atoms with Crippen molar-refractivity contribution in [3.05, 3.63) is 148 Å². The lowest BCUT2D eigenvalue weighted by atomic mass is 10.0. The normalized spacial score (nSPS) is 15.1. The zero-order valence-electron chi connectivity index (χ0n) is 31.3. The molecule has 5 aromatic rings. The number of aryl methyl sites for hydroxylation is 6. The van der Waals surface area contributed by atoms with Gasteiger partial charge in [0.15, 0.2) is 0 Å². The number of benzene rings is 5. The van der Waals surface area contributed by atoms with Crippen LogP contribution >= 0.6 is 15.8 Å². The summed E-state index contributed by atoms with van der Waals surface area (Å²) >= 11 is 0. The predicted molar refractivity (Wildman–Crippen MR) is 221 cm³/mol. The SMILES string of the molecule is COc1cccc(P(c2cc(C)cc(C)c2)c2cc(C)cc(C)c2)c1-c1c(OC)cccc1P(c1cc(C)cc(C)c1)C1C=C(C)C=C(C)C1. The third-order valence-corrected chi connectivity index (χ3v) is 14.5. The number of hydrogen-bond donors (Lipinski definition) is 0. The molecule has 1 aliphatic carbocycles. The van der Waals surface area contributed by atoms with E-state index in [1.54, 1.807) is 0 Å². The van der Waals surface area contributed by atoms with Gasteiger partial charge >= 0.3 is 0 Å². The van der Waals surface area contributed by atoms with Crippen LogP contribution in [0.2, 0.25) is 0 Å². The van der Waals surface area contributed by atoms with E-state index in [0.29, 0.717) is 5.66 Å². The van der Waals surface area contributed by atoms with E-state index in [0.717, 1.165) is 29.0 Å². The van der Waals surface area contributed by atoms with Crippen LogP contribution < -0.4 is 36.0 Å². The Bertz CT molecular complexity index is 2010. The monoisotopic (exact) mass is 696 g/mol. The van der Waals surface area contributed by atoms with Gasteiger partial charge in [0.25, 0.3) is 0 Å². The summed E-state index contributed by atoms with van der Waals surface area (Å²) in [7, 11) is 1.80. The zero-order valence-corrected chi connectivity index (χ0v) is 33.1. The summed E-state index contributed by atoms with van der Waals surface area (Å²) in [6.07, 6.45) is 5.89. The molecule has 4 heteroatoms. The molecule has 0 aliphatic heterocycles. The molecule has 0 radical (unpaired) electrons. The smallest absolute Gasteiger partial charge is 0.127 e. The van der Waals surface area contributed by atoms with Crippen molar-refractivity contribution < 1.29 is 9.47 Å². The highest BCUT2D eigenvalue weighted by molar-refractivity contribution is 7.80. The van der Waals surface area contributed by atoms with Crippen molar-refractivity contribution in [2.45, 2.75) is 67.5 Å². The van der Waals surface area contributed by atoms with Crippen molar-refractivity contribution in [1.29, 1.82) is 0 Å². The van der Waals surface area contributed by atoms with Crippen LogP contribution in [0.15, 0.2) is 114 Å². The lowest BCUT2D eigenvalue weighted by molar-refractivity contribution is 0.411. The van der Waals surface area contributed by atoms with Gasteiger partial charge in [-0.15, -0.1) is 0 Å². The minimum atomic E-state index is -0.969. The molecule has 50 heavy (non-hydrogen) atoms. The van der Waals surface area contributed by atoms with Gasteiger partial charge in [-0.25, -0.2) is 0 Å². The number of allylic oxidation sites excluding steroid dienone is 4. The summed E-state index contributed by atoms with van der Waals surface area (Å²) in [5, 5.41) is 6.70. The molecule has 0 heterocycles. The molecule has 6 rings (SSSR count). The van der Waals surface area contributed by atoms with Gasteiger partial charge in [-0.3, -0.25) is 0 Å². The first-order valence-corrected chi connectivity index (χ1v) is 20.2. The van der Waals surface area contributed by atoms with Gasteiger partial charge in [0.05, 0.1) is 14.2 Å². The lowest BCUT2D eigenvalue weighted by Gasteiger charge is -2.33. The largest absolute Gasteiger partial charge is 0.496 e. The van der Waals surface area contributed by atoms with Crippen LogP contribution in [0.3, 0.4) is 0 Å². The molecule has 2 unspecified atom stereocenters. The fourth-order valence-electron chi connectivity index (χ4n) is 7.81. The van der Waals surface area contributed by atoms with Gasteiger partial charge in [0.1, 0.15) is 11.5 Å². The Morgan fingerprint density at radius 3 is 1.38 bits per heavy atom. The molecule has 0 bridgehead atoms. The first kappa shape index (κ1) is 35.9. The van der Waals surface area contributed by atoms with Gasteiger partial charge in [-0.05, 0) is 116 Å². The van der Waals surface area contributed by atoms with E-state index in [9.17, 15) is 0 Å². The highest BCUT2D eigenvalue weighted by atomic mass is 31.1. The van der Waals surface area contributed by atoms with E-state index in [1.807, 2.05) is 14.2 Å². The van der Waals surface area contributed by atoms with Gasteiger partial charge in [-0.1, -0.05) is 136 Å². The Kier molecular flexibility index (Phi) is 10.8. The molecule has 0 fully saturated rings. The molecule has 0 N–H and O–H groups in total. The Morgan fingerprint density at radius 2 is 0.940 bits per heavy atom. The molecular formula is C46H50O2P2. The van der Waals surface area contributed by atoms with E-state index in [-0.39, 0.29) is 0 Å². The molecule has 1 aliphatic rings. The van der Waals surface area contributed by atoms with Crippen LogP contribution in [0.25, 0.3) is 11.1 Å². The van der Waals surface area contributed by atoms with Crippen LogP contribution in [0, 0.1) is 41.5 Å². The average molecular weight is 697 g/mol. The lowest BCUT2D eigenvalue weighted by Crippen LogP contribution is -2.27. The number of rotatable bonds is 9. The Hall–Kier alpha value is -3.96. The second-order valence-corrected chi connectivity index (χ2v) is 18.7. The molecule has 0 spiro atoms. The fraction of sp³-hybridized carbons (Fsp3) is 0.261. The number of ether oxygens (including phenoxy) is 2. The van der Waals surface area contributed by atoms with Crippen LogP contribution in [-0.4, -0.2) is 19.9 Å².